The number of carbonyl (C=O) groups excluding carboxylic acids is 3. The average molecular weight is 496 g/mol. The fourth-order valence-corrected chi connectivity index (χ4v) is 3.60. The van der Waals surface area contributed by atoms with Gasteiger partial charge in [0.05, 0.1) is 32.7 Å². The number of hydrogen-bond donors (Lipinski definition) is 1. The molecule has 0 spiro atoms. The van der Waals surface area contributed by atoms with E-state index < -0.39 is 17.9 Å². The SMILES string of the molecule is COC(=O)COc1cc(/C(=C2\C=CC(C)=N2)c2ccc(C)[nH]2)ccc1N(CC(=O)OC)CC(=O)OC. The molecule has 3 rings (SSSR count). The zero-order valence-electron chi connectivity index (χ0n) is 20.9. The Labute approximate surface area is 209 Å². The summed E-state index contributed by atoms with van der Waals surface area (Å²) in [6, 6.07) is 9.19. The van der Waals surface area contributed by atoms with E-state index in [0.717, 1.165) is 33.9 Å². The van der Waals surface area contributed by atoms with Crippen LogP contribution < -0.4 is 9.64 Å². The van der Waals surface area contributed by atoms with Gasteiger partial charge in [0, 0.05) is 22.7 Å². The summed E-state index contributed by atoms with van der Waals surface area (Å²) in [6.07, 6.45) is 3.84. The van der Waals surface area contributed by atoms with Gasteiger partial charge in [0.1, 0.15) is 18.8 Å². The lowest BCUT2D eigenvalue weighted by molar-refractivity contribution is -0.143. The van der Waals surface area contributed by atoms with E-state index in [-0.39, 0.29) is 25.4 Å². The van der Waals surface area contributed by atoms with Crippen molar-refractivity contribution >= 4 is 34.9 Å². The Kier molecular flexibility index (Phi) is 8.66. The van der Waals surface area contributed by atoms with Gasteiger partial charge in [0.25, 0.3) is 0 Å². The maximum absolute atomic E-state index is 12.1. The lowest BCUT2D eigenvalue weighted by atomic mass is 9.99. The van der Waals surface area contributed by atoms with Crippen LogP contribution in [0.3, 0.4) is 0 Å². The van der Waals surface area contributed by atoms with Crippen molar-refractivity contribution in [1.82, 2.24) is 4.98 Å². The van der Waals surface area contributed by atoms with Gasteiger partial charge in [-0.3, -0.25) is 14.6 Å². The van der Waals surface area contributed by atoms with Crippen LogP contribution in [-0.4, -0.2) is 69.6 Å². The number of allylic oxidation sites excluding steroid dienone is 2. The predicted molar refractivity (Wildman–Crippen MR) is 134 cm³/mol. The van der Waals surface area contributed by atoms with Gasteiger partial charge < -0.3 is 28.8 Å². The maximum Gasteiger partial charge on any atom is 0.343 e. The number of H-pyrrole nitrogens is 1. The van der Waals surface area contributed by atoms with E-state index in [9.17, 15) is 14.4 Å². The summed E-state index contributed by atoms with van der Waals surface area (Å²) in [5.41, 5.74) is 5.40. The fraction of sp³-hybridized carbons (Fsp3) is 0.308. The molecule has 36 heavy (non-hydrogen) atoms. The molecule has 0 unspecified atom stereocenters. The van der Waals surface area contributed by atoms with E-state index >= 15 is 0 Å². The lowest BCUT2D eigenvalue weighted by Gasteiger charge is -2.25. The summed E-state index contributed by atoms with van der Waals surface area (Å²) < 4.78 is 20.1. The fourth-order valence-electron chi connectivity index (χ4n) is 3.60. The molecular weight excluding hydrogens is 466 g/mol. The number of benzene rings is 1. The standard InChI is InChI=1S/C26H29N3O7/c1-16-6-9-19(27-16)26(20-10-7-17(2)28-20)18-8-11-21(22(12-18)36-15-25(32)35-5)29(13-23(30)33-3)14-24(31)34-4/h6-12,27H,13-15H2,1-5H3/b26-20-. The van der Waals surface area contributed by atoms with Gasteiger partial charge in [0.15, 0.2) is 6.61 Å². The van der Waals surface area contributed by atoms with E-state index in [0.29, 0.717) is 5.69 Å². The maximum atomic E-state index is 12.1. The van der Waals surface area contributed by atoms with Crippen LogP contribution in [0.4, 0.5) is 5.69 Å². The molecule has 2 heterocycles. The summed E-state index contributed by atoms with van der Waals surface area (Å²) in [5.74, 6) is -1.45. The molecule has 1 aromatic carbocycles. The van der Waals surface area contributed by atoms with Crippen molar-refractivity contribution in [1.29, 1.82) is 0 Å². The zero-order chi connectivity index (χ0) is 26.2. The number of esters is 3. The molecule has 0 atom stereocenters. The van der Waals surface area contributed by atoms with Crippen molar-refractivity contribution in [2.24, 2.45) is 4.99 Å². The van der Waals surface area contributed by atoms with E-state index in [1.54, 1.807) is 12.1 Å². The monoisotopic (exact) mass is 495 g/mol. The van der Waals surface area contributed by atoms with Crippen LogP contribution in [0.15, 0.2) is 53.2 Å². The van der Waals surface area contributed by atoms with E-state index in [2.05, 4.69) is 9.98 Å². The van der Waals surface area contributed by atoms with Gasteiger partial charge in [-0.15, -0.1) is 0 Å². The molecule has 10 nitrogen and oxygen atoms in total. The summed E-state index contributed by atoms with van der Waals surface area (Å²) >= 11 is 0. The van der Waals surface area contributed by atoms with Crippen LogP contribution in [0, 0.1) is 6.92 Å². The number of rotatable bonds is 10. The summed E-state index contributed by atoms with van der Waals surface area (Å²) in [4.78, 5) is 45.5. The highest BCUT2D eigenvalue weighted by Gasteiger charge is 2.23. The number of methoxy groups -OCH3 is 3. The largest absolute Gasteiger partial charge is 0.480 e. The van der Waals surface area contributed by atoms with Crippen molar-refractivity contribution < 1.29 is 33.3 Å². The first kappa shape index (κ1) is 26.3. The number of aromatic nitrogens is 1. The van der Waals surface area contributed by atoms with Crippen molar-refractivity contribution in [3.8, 4) is 5.75 Å². The molecule has 0 aliphatic carbocycles. The minimum absolute atomic E-state index is 0.241. The quantitative estimate of drug-likeness (QED) is 0.395. The van der Waals surface area contributed by atoms with Crippen molar-refractivity contribution in [2.75, 3.05) is 45.9 Å². The van der Waals surface area contributed by atoms with Gasteiger partial charge in [0.2, 0.25) is 0 Å². The van der Waals surface area contributed by atoms with Crippen molar-refractivity contribution in [3.63, 3.8) is 0 Å². The number of anilines is 1. The number of hydrogen-bond acceptors (Lipinski definition) is 9. The Morgan fingerprint density at radius 2 is 1.56 bits per heavy atom. The van der Waals surface area contributed by atoms with E-state index in [1.807, 2.05) is 44.2 Å². The molecule has 0 saturated heterocycles. The van der Waals surface area contributed by atoms with Gasteiger partial charge in [-0.25, -0.2) is 4.79 Å². The van der Waals surface area contributed by atoms with Crippen LogP contribution in [0.1, 0.15) is 23.9 Å². The van der Waals surface area contributed by atoms with Crippen LogP contribution in [-0.2, 0) is 28.6 Å². The third-order valence-corrected chi connectivity index (χ3v) is 5.39. The van der Waals surface area contributed by atoms with Gasteiger partial charge in [-0.1, -0.05) is 6.07 Å². The molecule has 10 heteroatoms. The summed E-state index contributed by atoms with van der Waals surface area (Å²) in [6.45, 7) is 3.01. The minimum Gasteiger partial charge on any atom is -0.480 e. The molecule has 0 bridgehead atoms. The van der Waals surface area contributed by atoms with Crippen LogP contribution in [0.5, 0.6) is 5.75 Å². The molecule has 1 aromatic heterocycles. The van der Waals surface area contributed by atoms with Gasteiger partial charge in [-0.05, 0) is 55.8 Å². The zero-order valence-corrected chi connectivity index (χ0v) is 20.9. The highest BCUT2D eigenvalue weighted by atomic mass is 16.6. The highest BCUT2D eigenvalue weighted by molar-refractivity contribution is 5.99. The van der Waals surface area contributed by atoms with Crippen molar-refractivity contribution in [2.45, 2.75) is 13.8 Å². The number of ether oxygens (including phenoxy) is 4. The second-order valence-corrected chi connectivity index (χ2v) is 7.96. The molecule has 0 amide bonds. The Morgan fingerprint density at radius 3 is 2.08 bits per heavy atom. The number of aliphatic imine (C=N–C) groups is 1. The first-order valence-corrected chi connectivity index (χ1v) is 11.1. The first-order chi connectivity index (χ1) is 17.2. The Morgan fingerprint density at radius 1 is 0.889 bits per heavy atom. The number of aryl methyl sites for hydroxylation is 1. The first-order valence-electron chi connectivity index (χ1n) is 11.1. The Hall–Kier alpha value is -4.34. The van der Waals surface area contributed by atoms with Gasteiger partial charge in [-0.2, -0.15) is 0 Å². The summed E-state index contributed by atoms with van der Waals surface area (Å²) in [5, 5.41) is 0. The highest BCUT2D eigenvalue weighted by Crippen LogP contribution is 2.36. The minimum atomic E-state index is -0.587. The molecule has 190 valence electrons. The summed E-state index contributed by atoms with van der Waals surface area (Å²) in [7, 11) is 3.77. The number of nitrogens with zero attached hydrogens (tertiary/aromatic N) is 2. The van der Waals surface area contributed by atoms with Crippen LogP contribution >= 0.6 is 0 Å². The molecule has 0 fully saturated rings. The Balaban J connectivity index is 2.15. The van der Waals surface area contributed by atoms with Crippen LogP contribution in [0.25, 0.3) is 5.57 Å². The number of nitrogens with one attached hydrogen (secondary N) is 1. The van der Waals surface area contributed by atoms with Crippen molar-refractivity contribution in [3.05, 3.63) is 65.1 Å². The topological polar surface area (TPSA) is 120 Å². The number of carbonyl (C=O) groups is 3. The second kappa shape index (κ2) is 11.9. The molecule has 1 N–H and O–H groups in total. The molecule has 1 aliphatic rings. The lowest BCUT2D eigenvalue weighted by Crippen LogP contribution is -2.36. The van der Waals surface area contributed by atoms with Gasteiger partial charge >= 0.3 is 17.9 Å². The normalized spacial score (nSPS) is 13.6. The molecule has 0 radical (unpaired) electrons. The van der Waals surface area contributed by atoms with E-state index in [4.69, 9.17) is 18.9 Å². The molecule has 1 aliphatic heterocycles. The Bertz CT molecular complexity index is 1220. The predicted octanol–water partition coefficient (Wildman–Crippen LogP) is 2.82. The van der Waals surface area contributed by atoms with Crippen LogP contribution in [0.2, 0.25) is 0 Å². The second-order valence-electron chi connectivity index (χ2n) is 7.96. The third kappa shape index (κ3) is 6.41. The average Bonchev–Trinajstić information content (AvgIpc) is 3.50. The smallest absolute Gasteiger partial charge is 0.343 e. The van der Waals surface area contributed by atoms with E-state index in [1.165, 1.54) is 26.2 Å². The molecular formula is C26H29N3O7. The third-order valence-electron chi connectivity index (χ3n) is 5.39. The molecule has 0 saturated carbocycles. The number of aromatic amines is 1. The molecule has 2 aromatic rings.